The summed E-state index contributed by atoms with van der Waals surface area (Å²) >= 11 is 11.7. The van der Waals surface area contributed by atoms with Crippen LogP contribution in [0.2, 0.25) is 10.3 Å². The molecule has 8 heteroatoms. The first-order valence-electron chi connectivity index (χ1n) is 11.0. The van der Waals surface area contributed by atoms with E-state index in [-0.39, 0.29) is 18.0 Å². The Morgan fingerprint density at radius 2 is 1.74 bits per heavy atom. The number of halogens is 2. The smallest absolute Gasteiger partial charge is 0.253 e. The molecule has 3 unspecified atom stereocenters. The number of nitrogens with zero attached hydrogens (tertiary/aromatic N) is 3. The van der Waals surface area contributed by atoms with Crippen molar-refractivity contribution in [1.82, 2.24) is 20.2 Å². The molecular weight excluding hydrogens is 471 g/mol. The number of hydrogen-bond donors (Lipinski definition) is 2. The third-order valence-corrected chi connectivity index (χ3v) is 6.46. The molecule has 0 bridgehead atoms. The molecule has 1 aliphatic rings. The molecule has 0 radical (unpaired) electrons. The lowest BCUT2D eigenvalue weighted by atomic mass is 9.98. The van der Waals surface area contributed by atoms with Gasteiger partial charge in [0.25, 0.3) is 5.91 Å². The maximum absolute atomic E-state index is 12.8. The first-order chi connectivity index (χ1) is 16.3. The fourth-order valence-corrected chi connectivity index (χ4v) is 4.43. The molecular formula is C26H26Cl2N4O2. The highest BCUT2D eigenvalue weighted by molar-refractivity contribution is 6.29. The van der Waals surface area contributed by atoms with E-state index in [1.807, 2.05) is 30.3 Å². The molecule has 3 aromatic rings. The van der Waals surface area contributed by atoms with Crippen LogP contribution in [-0.2, 0) is 13.0 Å². The molecule has 2 N–H and O–H groups in total. The van der Waals surface area contributed by atoms with Gasteiger partial charge in [0, 0.05) is 43.2 Å². The van der Waals surface area contributed by atoms with Gasteiger partial charge in [0.1, 0.15) is 10.3 Å². The number of aromatic nitrogens is 2. The van der Waals surface area contributed by atoms with E-state index in [9.17, 15) is 9.90 Å². The van der Waals surface area contributed by atoms with Crippen LogP contribution in [-0.4, -0.2) is 45.0 Å². The lowest BCUT2D eigenvalue weighted by molar-refractivity contribution is 0.0785. The number of benzene rings is 1. The molecule has 1 aromatic carbocycles. The van der Waals surface area contributed by atoms with Gasteiger partial charge in [-0.3, -0.25) is 4.79 Å². The van der Waals surface area contributed by atoms with Crippen LogP contribution in [0.5, 0.6) is 0 Å². The van der Waals surface area contributed by atoms with Gasteiger partial charge in [0.05, 0.1) is 12.1 Å². The van der Waals surface area contributed by atoms with Crippen molar-refractivity contribution < 1.29 is 9.90 Å². The highest BCUT2D eigenvalue weighted by Crippen LogP contribution is 2.30. The number of carbonyl (C=O) groups excluding carboxylic acids is 1. The van der Waals surface area contributed by atoms with E-state index in [1.165, 1.54) is 0 Å². The van der Waals surface area contributed by atoms with E-state index >= 15 is 0 Å². The molecule has 0 saturated carbocycles. The molecule has 1 aliphatic heterocycles. The predicted molar refractivity (Wildman–Crippen MR) is 134 cm³/mol. The van der Waals surface area contributed by atoms with Crippen LogP contribution in [0, 0.1) is 0 Å². The lowest BCUT2D eigenvalue weighted by Crippen LogP contribution is -2.35. The van der Waals surface area contributed by atoms with Crippen LogP contribution in [0.1, 0.15) is 39.6 Å². The summed E-state index contributed by atoms with van der Waals surface area (Å²) in [6, 6.07) is 14.6. The fraction of sp³-hybridized carbons (Fsp3) is 0.269. The van der Waals surface area contributed by atoms with E-state index in [2.05, 4.69) is 21.9 Å². The molecule has 1 amide bonds. The van der Waals surface area contributed by atoms with E-state index in [0.29, 0.717) is 28.0 Å². The molecule has 6 nitrogen and oxygen atoms in total. The summed E-state index contributed by atoms with van der Waals surface area (Å²) in [5.74, 6) is -0.0615. The topological polar surface area (TPSA) is 78.4 Å². The summed E-state index contributed by atoms with van der Waals surface area (Å²) in [6.07, 6.45) is 4.05. The van der Waals surface area contributed by atoms with Crippen LogP contribution in [0.25, 0.3) is 0 Å². The summed E-state index contributed by atoms with van der Waals surface area (Å²) in [6.45, 7) is 4.61. The van der Waals surface area contributed by atoms with Crippen molar-refractivity contribution in [3.05, 3.63) is 106 Å². The van der Waals surface area contributed by atoms with Crippen molar-refractivity contribution in [3.8, 4) is 0 Å². The number of pyridine rings is 2. The minimum Gasteiger partial charge on any atom is -0.386 e. The minimum atomic E-state index is -0.742. The third kappa shape index (κ3) is 5.83. The Labute approximate surface area is 209 Å². The Balaban J connectivity index is 1.34. The Morgan fingerprint density at radius 1 is 1.09 bits per heavy atom. The van der Waals surface area contributed by atoms with Gasteiger partial charge in [-0.05, 0) is 48.2 Å². The maximum Gasteiger partial charge on any atom is 0.253 e. The molecule has 0 spiro atoms. The number of carbonyl (C=O) groups is 1. The second-order valence-electron chi connectivity index (χ2n) is 8.61. The highest BCUT2D eigenvalue weighted by atomic mass is 35.5. The van der Waals surface area contributed by atoms with Gasteiger partial charge in [-0.15, -0.1) is 0 Å². The van der Waals surface area contributed by atoms with E-state index in [0.717, 1.165) is 29.5 Å². The van der Waals surface area contributed by atoms with Crippen molar-refractivity contribution >= 4 is 29.1 Å². The zero-order valence-electron chi connectivity index (χ0n) is 18.8. The average Bonchev–Trinajstić information content (AvgIpc) is 3.20. The summed E-state index contributed by atoms with van der Waals surface area (Å²) in [4.78, 5) is 22.6. The number of amides is 1. The lowest BCUT2D eigenvalue weighted by Gasteiger charge is -2.21. The summed E-state index contributed by atoms with van der Waals surface area (Å²) < 4.78 is 0. The Morgan fingerprint density at radius 3 is 2.35 bits per heavy atom. The van der Waals surface area contributed by atoms with Gasteiger partial charge in [0.2, 0.25) is 0 Å². The van der Waals surface area contributed by atoms with Gasteiger partial charge >= 0.3 is 0 Å². The highest BCUT2D eigenvalue weighted by Gasteiger charge is 2.33. The van der Waals surface area contributed by atoms with E-state index < -0.39 is 6.10 Å². The summed E-state index contributed by atoms with van der Waals surface area (Å²) in [5, 5.41) is 15.1. The van der Waals surface area contributed by atoms with Crippen molar-refractivity contribution in [2.24, 2.45) is 0 Å². The second-order valence-corrected chi connectivity index (χ2v) is 9.39. The molecule has 1 fully saturated rings. The zero-order chi connectivity index (χ0) is 24.2. The number of rotatable bonds is 7. The van der Waals surface area contributed by atoms with Crippen molar-refractivity contribution in [3.63, 3.8) is 0 Å². The van der Waals surface area contributed by atoms with Gasteiger partial charge in [0.15, 0.2) is 0 Å². The zero-order valence-corrected chi connectivity index (χ0v) is 20.3. The second kappa shape index (κ2) is 10.7. The van der Waals surface area contributed by atoms with Crippen LogP contribution in [0.15, 0.2) is 73.1 Å². The molecule has 1 saturated heterocycles. The molecule has 3 atom stereocenters. The van der Waals surface area contributed by atoms with Crippen molar-refractivity contribution in [2.75, 3.05) is 7.05 Å². The van der Waals surface area contributed by atoms with Crippen LogP contribution in [0.4, 0.5) is 0 Å². The largest absolute Gasteiger partial charge is 0.386 e. The van der Waals surface area contributed by atoms with E-state index in [1.54, 1.807) is 42.5 Å². The van der Waals surface area contributed by atoms with Gasteiger partial charge < -0.3 is 15.3 Å². The maximum atomic E-state index is 12.8. The Kier molecular flexibility index (Phi) is 7.63. The van der Waals surface area contributed by atoms with Crippen LogP contribution in [0.3, 0.4) is 0 Å². The van der Waals surface area contributed by atoms with Gasteiger partial charge in [-0.2, -0.15) is 0 Å². The Hall–Kier alpha value is -2.77. The normalized spacial score (nSPS) is 18.6. The quantitative estimate of drug-likeness (QED) is 0.368. The standard InChI is InChI=1S/C26H26Cl2N4O2/c1-16-11-21(31-24(16)25(33)20-8-10-23(28)30-14-20)12-17-3-6-19(7-4-17)26(34)32(2)15-18-5-9-22(27)29-13-18/h3-10,13-14,21,24-25,31,33H,1,11-12,15H2,2H3. The SMILES string of the molecule is C=C1CC(Cc2ccc(C(=O)N(C)Cc3ccc(Cl)nc3)cc2)NC1C(O)c1ccc(Cl)nc1. The number of hydrogen-bond acceptors (Lipinski definition) is 5. The van der Waals surface area contributed by atoms with Gasteiger partial charge in [-0.25, -0.2) is 9.97 Å². The van der Waals surface area contributed by atoms with Crippen molar-refractivity contribution in [1.29, 1.82) is 0 Å². The van der Waals surface area contributed by atoms with Crippen LogP contribution < -0.4 is 5.32 Å². The fourth-order valence-electron chi connectivity index (χ4n) is 4.21. The molecule has 176 valence electrons. The summed E-state index contributed by atoms with van der Waals surface area (Å²) in [5.41, 5.74) is 4.30. The monoisotopic (exact) mass is 496 g/mol. The number of nitrogens with one attached hydrogen (secondary N) is 1. The number of aliphatic hydroxyl groups excluding tert-OH is 1. The first-order valence-corrected chi connectivity index (χ1v) is 11.7. The number of aliphatic hydroxyl groups is 1. The molecule has 4 rings (SSSR count). The first kappa shape index (κ1) is 24.4. The Bertz CT molecular complexity index is 1150. The van der Waals surface area contributed by atoms with Crippen LogP contribution >= 0.6 is 23.2 Å². The predicted octanol–water partition coefficient (Wildman–Crippen LogP) is 4.62. The summed E-state index contributed by atoms with van der Waals surface area (Å²) in [7, 11) is 1.76. The minimum absolute atomic E-state index is 0.0615. The molecule has 34 heavy (non-hydrogen) atoms. The van der Waals surface area contributed by atoms with Crippen molar-refractivity contribution in [2.45, 2.75) is 37.6 Å². The average molecular weight is 497 g/mol. The molecule has 2 aromatic heterocycles. The molecule has 0 aliphatic carbocycles. The van der Waals surface area contributed by atoms with E-state index in [4.69, 9.17) is 23.2 Å². The third-order valence-electron chi connectivity index (χ3n) is 6.01. The molecule has 3 heterocycles. The van der Waals surface area contributed by atoms with Gasteiger partial charge in [-0.1, -0.05) is 59.6 Å².